The van der Waals surface area contributed by atoms with Crippen molar-refractivity contribution in [3.8, 4) is 11.5 Å². The largest absolute Gasteiger partial charge is 0.497 e. The van der Waals surface area contributed by atoms with E-state index in [2.05, 4.69) is 0 Å². The van der Waals surface area contributed by atoms with Crippen LogP contribution in [-0.2, 0) is 22.7 Å². The molecule has 182 valence electrons. The monoisotopic (exact) mass is 460 g/mol. The summed E-state index contributed by atoms with van der Waals surface area (Å²) < 4.78 is 22.1. The molecule has 0 saturated heterocycles. The van der Waals surface area contributed by atoms with Crippen LogP contribution in [0.4, 0.5) is 0 Å². The summed E-state index contributed by atoms with van der Waals surface area (Å²) in [6.07, 6.45) is 0.719. The van der Waals surface area contributed by atoms with Crippen molar-refractivity contribution in [2.45, 2.75) is 57.4 Å². The van der Waals surface area contributed by atoms with E-state index in [-0.39, 0.29) is 0 Å². The Morgan fingerprint density at radius 1 is 0.758 bits per heavy atom. The molecule has 0 aliphatic rings. The Hall–Kier alpha value is -2.42. The predicted octanol–water partition coefficient (Wildman–Crippen LogP) is 3.24. The molecule has 0 aliphatic heterocycles. The van der Waals surface area contributed by atoms with Crippen LogP contribution in [0.3, 0.4) is 0 Å². The maximum absolute atomic E-state index is 10.6. The quantitative estimate of drug-likeness (QED) is 0.277. The summed E-state index contributed by atoms with van der Waals surface area (Å²) in [6.45, 7) is 2.82. The van der Waals surface area contributed by atoms with Gasteiger partial charge in [0.25, 0.3) is 0 Å². The second-order valence-electron chi connectivity index (χ2n) is 7.85. The van der Waals surface area contributed by atoms with E-state index in [1.54, 1.807) is 14.2 Å². The van der Waals surface area contributed by atoms with Crippen molar-refractivity contribution < 1.29 is 34.3 Å². The van der Waals surface area contributed by atoms with Gasteiger partial charge in [-0.15, -0.1) is 0 Å². The molecule has 3 N–H and O–H groups in total. The van der Waals surface area contributed by atoms with Crippen LogP contribution < -0.4 is 9.47 Å². The molecule has 2 aromatic carbocycles. The van der Waals surface area contributed by atoms with Gasteiger partial charge in [-0.1, -0.05) is 36.4 Å². The number of methoxy groups -OCH3 is 2. The summed E-state index contributed by atoms with van der Waals surface area (Å²) in [6, 6.07) is 15.2. The van der Waals surface area contributed by atoms with E-state index in [0.717, 1.165) is 22.6 Å². The van der Waals surface area contributed by atoms with E-state index in [1.165, 1.54) is 19.1 Å². The molecule has 0 radical (unpaired) electrons. The lowest BCUT2D eigenvalue weighted by molar-refractivity contribution is -0.0362. The van der Waals surface area contributed by atoms with Gasteiger partial charge < -0.3 is 34.3 Å². The number of hydrogen-bond donors (Lipinski definition) is 3. The molecule has 2 rings (SSSR count). The molecule has 2 aromatic rings. The van der Waals surface area contributed by atoms with Gasteiger partial charge in [0, 0.05) is 6.61 Å². The topological polar surface area (TPSA) is 97.6 Å². The van der Waals surface area contributed by atoms with Crippen molar-refractivity contribution in [2.24, 2.45) is 0 Å². The first-order valence-corrected chi connectivity index (χ1v) is 11.1. The summed E-state index contributed by atoms with van der Waals surface area (Å²) in [5.41, 5.74) is 2.01. The Kier molecular flexibility index (Phi) is 11.9. The molecule has 0 aromatic heterocycles. The van der Waals surface area contributed by atoms with Gasteiger partial charge in [-0.2, -0.15) is 0 Å². The Balaban J connectivity index is 1.86. The molecule has 0 bridgehead atoms. The fourth-order valence-electron chi connectivity index (χ4n) is 3.09. The van der Waals surface area contributed by atoms with Crippen LogP contribution in [0, 0.1) is 0 Å². The predicted molar refractivity (Wildman–Crippen MR) is 126 cm³/mol. The highest BCUT2D eigenvalue weighted by molar-refractivity contribution is 5.27. The molecule has 33 heavy (non-hydrogen) atoms. The molecule has 0 unspecified atom stereocenters. The van der Waals surface area contributed by atoms with Crippen molar-refractivity contribution in [2.75, 3.05) is 20.8 Å². The molecule has 0 saturated carbocycles. The number of aliphatic hydroxyl groups is 3. The molecular formula is C26H36O7. The van der Waals surface area contributed by atoms with E-state index < -0.39 is 24.4 Å². The Morgan fingerprint density at radius 3 is 1.79 bits per heavy atom. The van der Waals surface area contributed by atoms with Crippen molar-refractivity contribution in [1.29, 1.82) is 0 Å². The zero-order valence-corrected chi connectivity index (χ0v) is 19.6. The van der Waals surface area contributed by atoms with E-state index in [0.29, 0.717) is 32.7 Å². The minimum atomic E-state index is -1.05. The van der Waals surface area contributed by atoms with Crippen molar-refractivity contribution in [3.05, 3.63) is 71.8 Å². The normalized spacial score (nSPS) is 15.2. The Labute approximate surface area is 196 Å². The second-order valence-corrected chi connectivity index (χ2v) is 7.85. The summed E-state index contributed by atoms with van der Waals surface area (Å²) in [4.78, 5) is 0. The average Bonchev–Trinajstić information content (AvgIpc) is 2.84. The van der Waals surface area contributed by atoms with E-state index in [4.69, 9.17) is 18.9 Å². The van der Waals surface area contributed by atoms with Crippen molar-refractivity contribution in [1.82, 2.24) is 0 Å². The number of benzene rings is 2. The Morgan fingerprint density at radius 2 is 1.27 bits per heavy atom. The fraction of sp³-hybridized carbons (Fsp3) is 0.462. The van der Waals surface area contributed by atoms with Crippen LogP contribution in [0.2, 0.25) is 0 Å². The molecule has 7 nitrogen and oxygen atoms in total. The minimum absolute atomic E-state index is 0.325. The highest BCUT2D eigenvalue weighted by Crippen LogP contribution is 2.17. The lowest BCUT2D eigenvalue weighted by atomic mass is 10.1. The standard InChI is InChI=1S/C26H36O7/c1-19(27)24(28)14-15-25(29)26(33-18-21-8-12-23(31-3)13-9-21)5-4-16-32-17-20-6-10-22(30-2)11-7-20/h6-15,19,24-29H,4-5,16-18H2,1-3H3/b15-14+/t19-,24+,25+,26+/m0/s1. The minimum Gasteiger partial charge on any atom is -0.497 e. The number of rotatable bonds is 15. The van der Waals surface area contributed by atoms with Crippen molar-refractivity contribution >= 4 is 0 Å². The maximum Gasteiger partial charge on any atom is 0.118 e. The highest BCUT2D eigenvalue weighted by Gasteiger charge is 2.19. The van der Waals surface area contributed by atoms with Crippen LogP contribution in [0.5, 0.6) is 11.5 Å². The van der Waals surface area contributed by atoms with Crippen LogP contribution in [0.25, 0.3) is 0 Å². The van der Waals surface area contributed by atoms with Crippen LogP contribution in [0.1, 0.15) is 30.9 Å². The lowest BCUT2D eigenvalue weighted by Crippen LogP contribution is -2.29. The molecule has 0 heterocycles. The summed E-state index contributed by atoms with van der Waals surface area (Å²) in [5, 5.41) is 29.8. The zero-order chi connectivity index (χ0) is 24.1. The fourth-order valence-corrected chi connectivity index (χ4v) is 3.09. The number of hydrogen-bond acceptors (Lipinski definition) is 7. The van der Waals surface area contributed by atoms with E-state index in [1.807, 2.05) is 48.5 Å². The lowest BCUT2D eigenvalue weighted by Gasteiger charge is -2.22. The first kappa shape index (κ1) is 26.8. The highest BCUT2D eigenvalue weighted by atomic mass is 16.5. The summed E-state index contributed by atoms with van der Waals surface area (Å²) in [7, 11) is 3.25. The van der Waals surface area contributed by atoms with Gasteiger partial charge in [-0.3, -0.25) is 0 Å². The van der Waals surface area contributed by atoms with Gasteiger partial charge in [0.2, 0.25) is 0 Å². The summed E-state index contributed by atoms with van der Waals surface area (Å²) in [5.74, 6) is 1.57. The molecule has 0 fully saturated rings. The van der Waals surface area contributed by atoms with Crippen LogP contribution >= 0.6 is 0 Å². The van der Waals surface area contributed by atoms with E-state index in [9.17, 15) is 15.3 Å². The van der Waals surface area contributed by atoms with Gasteiger partial charge in [0.05, 0.1) is 51.8 Å². The van der Waals surface area contributed by atoms with Gasteiger partial charge in [0.15, 0.2) is 0 Å². The zero-order valence-electron chi connectivity index (χ0n) is 19.6. The molecule has 0 aliphatic carbocycles. The first-order chi connectivity index (χ1) is 15.9. The third-order valence-electron chi connectivity index (χ3n) is 5.21. The van der Waals surface area contributed by atoms with Crippen LogP contribution in [-0.4, -0.2) is 60.6 Å². The number of aliphatic hydroxyl groups excluding tert-OH is 3. The van der Waals surface area contributed by atoms with Gasteiger partial charge >= 0.3 is 0 Å². The molecular weight excluding hydrogens is 424 g/mol. The Bertz CT molecular complexity index is 802. The van der Waals surface area contributed by atoms with Gasteiger partial charge in [-0.25, -0.2) is 0 Å². The number of ether oxygens (including phenoxy) is 4. The van der Waals surface area contributed by atoms with Gasteiger partial charge in [-0.05, 0) is 55.2 Å². The summed E-state index contributed by atoms with van der Waals surface area (Å²) >= 11 is 0. The second kappa shape index (κ2) is 14.7. The molecule has 4 atom stereocenters. The molecule has 0 amide bonds. The van der Waals surface area contributed by atoms with Crippen LogP contribution in [0.15, 0.2) is 60.7 Å². The maximum atomic E-state index is 10.6. The van der Waals surface area contributed by atoms with Crippen molar-refractivity contribution in [3.63, 3.8) is 0 Å². The molecule has 0 spiro atoms. The molecule has 7 heteroatoms. The first-order valence-electron chi connectivity index (χ1n) is 11.1. The van der Waals surface area contributed by atoms with E-state index >= 15 is 0 Å². The van der Waals surface area contributed by atoms with Gasteiger partial charge in [0.1, 0.15) is 11.5 Å². The third kappa shape index (κ3) is 9.94. The SMILES string of the molecule is COc1ccc(COCCC[C@@H](OCc2ccc(OC)cc2)[C@H](O)/C=C/[C@@H](O)[C@H](C)O)cc1. The smallest absolute Gasteiger partial charge is 0.118 e. The average molecular weight is 461 g/mol. The third-order valence-corrected chi connectivity index (χ3v) is 5.21.